The van der Waals surface area contributed by atoms with E-state index in [9.17, 15) is 4.79 Å². The van der Waals surface area contributed by atoms with Crippen LogP contribution in [0, 0.1) is 6.92 Å². The lowest BCUT2D eigenvalue weighted by atomic mass is 10.0. The van der Waals surface area contributed by atoms with Crippen LogP contribution in [0.3, 0.4) is 0 Å². The zero-order valence-electron chi connectivity index (χ0n) is 13.2. The van der Waals surface area contributed by atoms with Crippen LogP contribution in [-0.2, 0) is 11.3 Å². The first-order valence-electron chi connectivity index (χ1n) is 7.84. The van der Waals surface area contributed by atoms with Gasteiger partial charge in [0.1, 0.15) is 12.4 Å². The van der Waals surface area contributed by atoms with Crippen molar-refractivity contribution in [1.29, 1.82) is 0 Å². The Morgan fingerprint density at radius 3 is 2.91 bits per heavy atom. The van der Waals surface area contributed by atoms with Crippen molar-refractivity contribution in [3.63, 3.8) is 0 Å². The van der Waals surface area contributed by atoms with Gasteiger partial charge in [-0.1, -0.05) is 30.3 Å². The van der Waals surface area contributed by atoms with Gasteiger partial charge in [0.2, 0.25) is 0 Å². The van der Waals surface area contributed by atoms with Crippen LogP contribution in [0.2, 0.25) is 0 Å². The molecule has 1 amide bonds. The number of likely N-dealkylation sites (tertiary alicyclic amines) is 1. The number of benzene rings is 1. The van der Waals surface area contributed by atoms with Gasteiger partial charge in [0, 0.05) is 12.7 Å². The monoisotopic (exact) mass is 311 g/mol. The lowest BCUT2D eigenvalue weighted by Gasteiger charge is -2.25. The third kappa shape index (κ3) is 3.44. The third-order valence-electron chi connectivity index (χ3n) is 4.22. The Morgan fingerprint density at radius 2 is 2.17 bits per heavy atom. The maximum atomic E-state index is 12.4. The molecule has 0 aliphatic carbocycles. The molecule has 23 heavy (non-hydrogen) atoms. The summed E-state index contributed by atoms with van der Waals surface area (Å²) in [5.74, 6) is 0.502. The smallest absolute Gasteiger partial charge is 0.410 e. The van der Waals surface area contributed by atoms with Crippen LogP contribution in [0.25, 0.3) is 0 Å². The zero-order chi connectivity index (χ0) is 16.2. The Morgan fingerprint density at radius 1 is 1.39 bits per heavy atom. The number of rotatable bonds is 3. The molecule has 2 heterocycles. The van der Waals surface area contributed by atoms with Crippen molar-refractivity contribution < 1.29 is 9.53 Å². The lowest BCUT2D eigenvalue weighted by molar-refractivity contribution is 0.0919. The highest BCUT2D eigenvalue weighted by molar-refractivity contribution is 5.69. The summed E-state index contributed by atoms with van der Waals surface area (Å²) in [4.78, 5) is 18.4. The molecule has 1 saturated heterocycles. The third-order valence-corrected chi connectivity index (χ3v) is 4.22. The Labute approximate surface area is 136 Å². The van der Waals surface area contributed by atoms with Crippen molar-refractivity contribution in [1.82, 2.24) is 9.88 Å². The van der Waals surface area contributed by atoms with Gasteiger partial charge < -0.3 is 15.4 Å². The fraction of sp³-hybridized carbons (Fsp3) is 0.333. The summed E-state index contributed by atoms with van der Waals surface area (Å²) in [6.45, 7) is 3.00. The van der Waals surface area contributed by atoms with E-state index in [4.69, 9.17) is 10.5 Å². The predicted octanol–water partition coefficient (Wildman–Crippen LogP) is 3.45. The number of amides is 1. The second kappa shape index (κ2) is 6.69. The van der Waals surface area contributed by atoms with E-state index in [1.54, 1.807) is 11.1 Å². The molecule has 1 atom stereocenters. The first-order chi connectivity index (χ1) is 11.1. The highest BCUT2D eigenvalue weighted by Crippen LogP contribution is 2.34. The number of carbonyl (C=O) groups excluding carboxylic acids is 1. The highest BCUT2D eigenvalue weighted by atomic mass is 16.6. The standard InChI is InChI=1S/C18H21N3O2/c1-13-10-17(19)20-11-15(13)16-8-5-9-21(16)18(22)23-12-14-6-3-2-4-7-14/h2-4,6-7,10-11,16H,5,8-9,12H2,1H3,(H2,19,20). The Balaban J connectivity index is 1.69. The maximum absolute atomic E-state index is 12.4. The summed E-state index contributed by atoms with van der Waals surface area (Å²) < 4.78 is 5.47. The molecule has 1 aliphatic rings. The second-order valence-corrected chi connectivity index (χ2v) is 5.86. The van der Waals surface area contributed by atoms with Crippen LogP contribution >= 0.6 is 0 Å². The van der Waals surface area contributed by atoms with Crippen LogP contribution < -0.4 is 5.73 Å². The van der Waals surface area contributed by atoms with Crippen molar-refractivity contribution in [2.45, 2.75) is 32.4 Å². The maximum Gasteiger partial charge on any atom is 0.410 e. The minimum absolute atomic E-state index is 0.0198. The average Bonchev–Trinajstić information content (AvgIpc) is 3.03. The molecule has 1 aromatic heterocycles. The summed E-state index contributed by atoms with van der Waals surface area (Å²) in [5.41, 5.74) is 8.81. The van der Waals surface area contributed by atoms with Gasteiger partial charge in [-0.3, -0.25) is 0 Å². The molecular weight excluding hydrogens is 290 g/mol. The average molecular weight is 311 g/mol. The zero-order valence-corrected chi connectivity index (χ0v) is 13.2. The van der Waals surface area contributed by atoms with Gasteiger partial charge in [-0.2, -0.15) is 0 Å². The van der Waals surface area contributed by atoms with Gasteiger partial charge >= 0.3 is 6.09 Å². The fourth-order valence-corrected chi connectivity index (χ4v) is 3.05. The summed E-state index contributed by atoms with van der Waals surface area (Å²) >= 11 is 0. The van der Waals surface area contributed by atoms with Crippen molar-refractivity contribution in [2.75, 3.05) is 12.3 Å². The van der Waals surface area contributed by atoms with Gasteiger partial charge in [0.05, 0.1) is 6.04 Å². The minimum Gasteiger partial charge on any atom is -0.445 e. The molecule has 0 spiro atoms. The number of aromatic nitrogens is 1. The molecule has 1 aliphatic heterocycles. The normalized spacial score (nSPS) is 17.3. The van der Waals surface area contributed by atoms with Crippen LogP contribution in [0.4, 0.5) is 10.6 Å². The molecular formula is C18H21N3O2. The largest absolute Gasteiger partial charge is 0.445 e. The summed E-state index contributed by atoms with van der Waals surface area (Å²) in [7, 11) is 0. The number of nitrogens with two attached hydrogens (primary N) is 1. The lowest BCUT2D eigenvalue weighted by Crippen LogP contribution is -2.31. The molecule has 2 N–H and O–H groups in total. The number of hydrogen-bond acceptors (Lipinski definition) is 4. The van der Waals surface area contributed by atoms with Crippen molar-refractivity contribution >= 4 is 11.9 Å². The molecule has 1 unspecified atom stereocenters. The molecule has 5 nitrogen and oxygen atoms in total. The van der Waals surface area contributed by atoms with E-state index in [-0.39, 0.29) is 12.1 Å². The van der Waals surface area contributed by atoms with Crippen LogP contribution in [0.1, 0.15) is 35.6 Å². The Hall–Kier alpha value is -2.56. The topological polar surface area (TPSA) is 68.5 Å². The molecule has 0 saturated carbocycles. The van der Waals surface area contributed by atoms with E-state index in [1.165, 1.54) is 0 Å². The van der Waals surface area contributed by atoms with Gasteiger partial charge in [0.25, 0.3) is 0 Å². The van der Waals surface area contributed by atoms with Crippen LogP contribution in [-0.4, -0.2) is 22.5 Å². The van der Waals surface area contributed by atoms with Crippen molar-refractivity contribution in [2.24, 2.45) is 0 Å². The Kier molecular flexibility index (Phi) is 4.46. The van der Waals surface area contributed by atoms with Crippen molar-refractivity contribution in [3.8, 4) is 0 Å². The van der Waals surface area contributed by atoms with E-state index in [0.29, 0.717) is 19.0 Å². The molecule has 3 rings (SSSR count). The fourth-order valence-electron chi connectivity index (χ4n) is 3.05. The number of nitrogens with zero attached hydrogens (tertiary/aromatic N) is 2. The number of carbonyl (C=O) groups is 1. The molecule has 1 fully saturated rings. The van der Waals surface area contributed by atoms with E-state index < -0.39 is 0 Å². The molecule has 0 bridgehead atoms. The van der Waals surface area contributed by atoms with Crippen LogP contribution in [0.15, 0.2) is 42.6 Å². The Bertz CT molecular complexity index is 688. The van der Waals surface area contributed by atoms with Crippen molar-refractivity contribution in [3.05, 3.63) is 59.3 Å². The quantitative estimate of drug-likeness (QED) is 0.942. The molecule has 120 valence electrons. The first kappa shape index (κ1) is 15.3. The molecule has 1 aromatic carbocycles. The number of anilines is 1. The van der Waals surface area contributed by atoms with E-state index in [1.807, 2.05) is 43.3 Å². The predicted molar refractivity (Wildman–Crippen MR) is 88.7 cm³/mol. The number of aryl methyl sites for hydroxylation is 1. The van der Waals surface area contributed by atoms with Gasteiger partial charge in [0.15, 0.2) is 0 Å². The first-order valence-corrected chi connectivity index (χ1v) is 7.84. The van der Waals surface area contributed by atoms with E-state index in [0.717, 1.165) is 29.5 Å². The molecule has 0 radical (unpaired) electrons. The highest BCUT2D eigenvalue weighted by Gasteiger charge is 2.32. The second-order valence-electron chi connectivity index (χ2n) is 5.86. The number of pyridine rings is 1. The number of nitrogen functional groups attached to an aromatic ring is 1. The van der Waals surface area contributed by atoms with Gasteiger partial charge in [-0.25, -0.2) is 9.78 Å². The minimum atomic E-state index is -0.271. The van der Waals surface area contributed by atoms with E-state index >= 15 is 0 Å². The number of hydrogen-bond donors (Lipinski definition) is 1. The SMILES string of the molecule is Cc1cc(N)ncc1C1CCCN1C(=O)OCc1ccccc1. The molecule has 2 aromatic rings. The van der Waals surface area contributed by atoms with Gasteiger partial charge in [-0.15, -0.1) is 0 Å². The summed E-state index contributed by atoms with van der Waals surface area (Å²) in [6.07, 6.45) is 3.40. The molecule has 5 heteroatoms. The van der Waals surface area contributed by atoms with Crippen LogP contribution in [0.5, 0.6) is 0 Å². The van der Waals surface area contributed by atoms with E-state index in [2.05, 4.69) is 4.98 Å². The summed E-state index contributed by atoms with van der Waals surface area (Å²) in [6, 6.07) is 11.6. The van der Waals surface area contributed by atoms with Gasteiger partial charge in [-0.05, 0) is 42.5 Å². The summed E-state index contributed by atoms with van der Waals surface area (Å²) in [5, 5.41) is 0. The number of ether oxygens (including phenoxy) is 1.